The van der Waals surface area contributed by atoms with Gasteiger partial charge in [0, 0.05) is 11.9 Å². The van der Waals surface area contributed by atoms with Gasteiger partial charge in [0.2, 0.25) is 0 Å². The number of amides is 1. The number of nitrogen functional groups attached to an aromatic ring is 1. The van der Waals surface area contributed by atoms with Crippen LogP contribution in [0.3, 0.4) is 0 Å². The zero-order valence-electron chi connectivity index (χ0n) is 15.9. The zero-order valence-corrected chi connectivity index (χ0v) is 15.9. The highest BCUT2D eigenvalue weighted by atomic mass is 16.5. The maximum atomic E-state index is 13.3. The van der Waals surface area contributed by atoms with E-state index >= 15 is 0 Å². The molecule has 0 aliphatic heterocycles. The summed E-state index contributed by atoms with van der Waals surface area (Å²) in [5, 5.41) is 0.940. The summed E-state index contributed by atoms with van der Waals surface area (Å²) < 4.78 is 12.4. The van der Waals surface area contributed by atoms with Crippen LogP contribution in [0.2, 0.25) is 0 Å². The molecule has 0 aliphatic rings. The number of para-hydroxylation sites is 1. The van der Waals surface area contributed by atoms with E-state index in [9.17, 15) is 4.79 Å². The number of hydrogen-bond acceptors (Lipinski definition) is 4. The fourth-order valence-corrected chi connectivity index (χ4v) is 3.30. The molecule has 0 atom stereocenters. The van der Waals surface area contributed by atoms with E-state index in [2.05, 4.69) is 0 Å². The van der Waals surface area contributed by atoms with Crippen molar-refractivity contribution in [2.24, 2.45) is 0 Å². The highest BCUT2D eigenvalue weighted by molar-refractivity contribution is 5.98. The highest BCUT2D eigenvalue weighted by Gasteiger charge is 2.23. The molecule has 3 rings (SSSR count). The van der Waals surface area contributed by atoms with Crippen LogP contribution in [0, 0.1) is 0 Å². The number of ether oxygens (including phenoxy) is 2. The van der Waals surface area contributed by atoms with E-state index in [1.54, 1.807) is 19.1 Å². The second-order valence-corrected chi connectivity index (χ2v) is 6.33. The van der Waals surface area contributed by atoms with Gasteiger partial charge in [-0.2, -0.15) is 0 Å². The second kappa shape index (κ2) is 8.03. The Balaban J connectivity index is 1.98. The molecular weight excluding hydrogens is 342 g/mol. The molecular formula is C21H25N3O3. The number of fused-ring (bicyclic) bond motifs is 1. The Kier molecular flexibility index (Phi) is 5.54. The van der Waals surface area contributed by atoms with Crippen LogP contribution in [0.15, 0.2) is 48.5 Å². The Bertz CT molecular complexity index is 927. The van der Waals surface area contributed by atoms with Gasteiger partial charge in [-0.05, 0) is 30.7 Å². The number of hydrogen-bond donors (Lipinski definition) is 1. The number of rotatable bonds is 7. The molecule has 1 amide bonds. The van der Waals surface area contributed by atoms with Gasteiger partial charge in [-0.15, -0.1) is 0 Å². The van der Waals surface area contributed by atoms with Gasteiger partial charge >= 0.3 is 0 Å². The molecule has 3 aromatic rings. The number of benzene rings is 2. The third kappa shape index (κ3) is 3.56. The van der Waals surface area contributed by atoms with Crippen molar-refractivity contribution in [2.45, 2.75) is 19.9 Å². The van der Waals surface area contributed by atoms with Gasteiger partial charge in [-0.25, -0.2) is 0 Å². The Morgan fingerprint density at radius 2 is 1.74 bits per heavy atom. The molecule has 0 radical (unpaired) electrons. The minimum Gasteiger partial charge on any atom is -0.496 e. The first kappa shape index (κ1) is 18.6. The lowest BCUT2D eigenvalue weighted by Gasteiger charge is -2.24. The highest BCUT2D eigenvalue weighted by Crippen LogP contribution is 2.30. The summed E-state index contributed by atoms with van der Waals surface area (Å²) in [5.41, 5.74) is 2.12. The van der Waals surface area contributed by atoms with Crippen molar-refractivity contribution in [2.75, 3.05) is 26.6 Å². The molecule has 27 heavy (non-hydrogen) atoms. The van der Waals surface area contributed by atoms with Crippen LogP contribution in [0.4, 0.5) is 0 Å². The maximum absolute atomic E-state index is 13.3. The molecule has 0 spiro atoms. The number of aromatic nitrogens is 1. The molecule has 6 nitrogen and oxygen atoms in total. The third-order valence-electron chi connectivity index (χ3n) is 4.63. The van der Waals surface area contributed by atoms with E-state index < -0.39 is 0 Å². The average molecular weight is 367 g/mol. The summed E-state index contributed by atoms with van der Waals surface area (Å²) in [6.45, 7) is 3.01. The average Bonchev–Trinajstić information content (AvgIpc) is 3.04. The predicted octanol–water partition coefficient (Wildman–Crippen LogP) is 3.42. The van der Waals surface area contributed by atoms with E-state index in [-0.39, 0.29) is 5.91 Å². The van der Waals surface area contributed by atoms with Crippen LogP contribution < -0.4 is 15.3 Å². The minimum absolute atomic E-state index is 0.122. The minimum atomic E-state index is -0.122. The van der Waals surface area contributed by atoms with Crippen molar-refractivity contribution in [1.29, 1.82) is 0 Å². The summed E-state index contributed by atoms with van der Waals surface area (Å²) in [6, 6.07) is 15.1. The molecule has 2 N–H and O–H groups in total. The Labute approximate surface area is 159 Å². The van der Waals surface area contributed by atoms with Crippen LogP contribution >= 0.6 is 0 Å². The zero-order chi connectivity index (χ0) is 19.4. The second-order valence-electron chi connectivity index (χ2n) is 6.33. The van der Waals surface area contributed by atoms with Gasteiger partial charge in [0.05, 0.1) is 31.8 Å². The smallest absolute Gasteiger partial charge is 0.272 e. The molecule has 1 heterocycles. The van der Waals surface area contributed by atoms with Gasteiger partial charge < -0.3 is 20.2 Å². The summed E-state index contributed by atoms with van der Waals surface area (Å²) in [7, 11) is 3.23. The first-order valence-corrected chi connectivity index (χ1v) is 8.95. The van der Waals surface area contributed by atoms with E-state index in [1.165, 1.54) is 4.68 Å². The van der Waals surface area contributed by atoms with Crippen molar-refractivity contribution >= 4 is 16.8 Å². The first-order valence-electron chi connectivity index (χ1n) is 8.95. The molecule has 0 bridgehead atoms. The van der Waals surface area contributed by atoms with Crippen LogP contribution in [0.5, 0.6) is 11.5 Å². The van der Waals surface area contributed by atoms with Crippen molar-refractivity contribution in [1.82, 2.24) is 9.58 Å². The van der Waals surface area contributed by atoms with Crippen molar-refractivity contribution in [3.63, 3.8) is 0 Å². The fraction of sp³-hybridized carbons (Fsp3) is 0.286. The number of nitrogens with zero attached hydrogens (tertiary/aromatic N) is 2. The maximum Gasteiger partial charge on any atom is 0.272 e. The van der Waals surface area contributed by atoms with E-state index in [4.69, 9.17) is 15.3 Å². The van der Waals surface area contributed by atoms with Gasteiger partial charge in [0.1, 0.15) is 17.2 Å². The standard InChI is InChI=1S/C21H25N3O3/c1-4-12-23(14-16-19(26-2)10-7-11-20(16)27-3)21(25)18-13-15-8-5-6-9-17(15)24(18)22/h5-11,13H,4,12,14,22H2,1-3H3. The topological polar surface area (TPSA) is 69.7 Å². The largest absolute Gasteiger partial charge is 0.496 e. The molecule has 6 heteroatoms. The summed E-state index contributed by atoms with van der Waals surface area (Å²) >= 11 is 0. The summed E-state index contributed by atoms with van der Waals surface area (Å²) in [6.07, 6.45) is 0.827. The Morgan fingerprint density at radius 1 is 1.07 bits per heavy atom. The Hall–Kier alpha value is -3.15. The van der Waals surface area contributed by atoms with Crippen molar-refractivity contribution in [3.05, 3.63) is 59.8 Å². The molecule has 0 aliphatic carbocycles. The lowest BCUT2D eigenvalue weighted by Crippen LogP contribution is -2.34. The van der Waals surface area contributed by atoms with Crippen LogP contribution in [0.1, 0.15) is 29.4 Å². The molecule has 0 saturated carbocycles. The normalized spacial score (nSPS) is 10.8. The predicted molar refractivity (Wildman–Crippen MR) is 107 cm³/mol. The van der Waals surface area contributed by atoms with Crippen molar-refractivity contribution in [3.8, 4) is 11.5 Å². The van der Waals surface area contributed by atoms with Gasteiger partial charge in [0.15, 0.2) is 0 Å². The fourth-order valence-electron chi connectivity index (χ4n) is 3.30. The molecule has 0 fully saturated rings. The summed E-state index contributed by atoms with van der Waals surface area (Å²) in [4.78, 5) is 15.0. The SMILES string of the molecule is CCCN(Cc1c(OC)cccc1OC)C(=O)c1cc2ccccc2n1N. The van der Waals surface area contributed by atoms with E-state index in [0.717, 1.165) is 22.9 Å². The lowest BCUT2D eigenvalue weighted by molar-refractivity contribution is 0.0732. The quantitative estimate of drug-likeness (QED) is 0.650. The van der Waals surface area contributed by atoms with E-state index in [0.29, 0.717) is 30.3 Å². The molecule has 2 aromatic carbocycles. The molecule has 0 saturated heterocycles. The number of carbonyl (C=O) groups excluding carboxylic acids is 1. The Morgan fingerprint density at radius 3 is 2.33 bits per heavy atom. The van der Waals surface area contributed by atoms with Crippen molar-refractivity contribution < 1.29 is 14.3 Å². The molecule has 0 unspecified atom stereocenters. The first-order chi connectivity index (χ1) is 13.1. The van der Waals surface area contributed by atoms with E-state index in [1.807, 2.05) is 55.5 Å². The monoisotopic (exact) mass is 367 g/mol. The lowest BCUT2D eigenvalue weighted by atomic mass is 10.1. The van der Waals surface area contributed by atoms with Crippen LogP contribution in [-0.2, 0) is 6.54 Å². The number of carbonyl (C=O) groups is 1. The van der Waals surface area contributed by atoms with Gasteiger partial charge in [0.25, 0.3) is 5.91 Å². The van der Waals surface area contributed by atoms with Crippen LogP contribution in [-0.4, -0.2) is 36.2 Å². The number of nitrogens with two attached hydrogens (primary N) is 1. The summed E-state index contributed by atoms with van der Waals surface area (Å²) in [5.74, 6) is 7.46. The molecule has 142 valence electrons. The van der Waals surface area contributed by atoms with Gasteiger partial charge in [-0.1, -0.05) is 31.2 Å². The van der Waals surface area contributed by atoms with Gasteiger partial charge in [-0.3, -0.25) is 9.47 Å². The molecule has 1 aromatic heterocycles. The number of methoxy groups -OCH3 is 2. The third-order valence-corrected chi connectivity index (χ3v) is 4.63. The van der Waals surface area contributed by atoms with Crippen LogP contribution in [0.25, 0.3) is 10.9 Å².